The summed E-state index contributed by atoms with van der Waals surface area (Å²) in [5.74, 6) is -0.736. The van der Waals surface area contributed by atoms with Crippen molar-refractivity contribution in [2.45, 2.75) is 13.5 Å². The highest BCUT2D eigenvalue weighted by Gasteiger charge is 2.14. The van der Waals surface area contributed by atoms with Crippen LogP contribution in [0.1, 0.15) is 11.1 Å². The number of benzene rings is 2. The number of hydrogen-bond acceptors (Lipinski definition) is 6. The summed E-state index contributed by atoms with van der Waals surface area (Å²) in [5.41, 5.74) is 1.23. The molecule has 7 nitrogen and oxygen atoms in total. The number of halogens is 1. The third-order valence-corrected chi connectivity index (χ3v) is 4.11. The molecule has 0 spiro atoms. The van der Waals surface area contributed by atoms with Gasteiger partial charge in [0.1, 0.15) is 18.7 Å². The molecule has 3 rings (SSSR count). The quantitative estimate of drug-likeness (QED) is 0.399. The van der Waals surface area contributed by atoms with Crippen LogP contribution in [0.25, 0.3) is 11.0 Å². The summed E-state index contributed by atoms with van der Waals surface area (Å²) in [5, 5.41) is 3.10. The van der Waals surface area contributed by atoms with E-state index in [-0.39, 0.29) is 23.0 Å². The standard InChI is InChI=1S/C20H16ClNO6/c1-12-7-18(23)27-16-9-17(15(21)8-14(12)16)28-19(24)10-22-20(25)26-11-13-5-3-2-4-6-13/h2-9H,10-11H2,1H3,(H,22,25). The molecule has 0 aliphatic heterocycles. The van der Waals surface area contributed by atoms with Crippen molar-refractivity contribution >= 4 is 34.6 Å². The first kappa shape index (κ1) is 19.4. The number of carbonyl (C=O) groups excluding carboxylic acids is 2. The highest BCUT2D eigenvalue weighted by atomic mass is 35.5. The van der Waals surface area contributed by atoms with Crippen LogP contribution >= 0.6 is 11.6 Å². The van der Waals surface area contributed by atoms with Crippen LogP contribution in [0.4, 0.5) is 4.79 Å². The smallest absolute Gasteiger partial charge is 0.407 e. The molecule has 1 amide bonds. The third-order valence-electron chi connectivity index (χ3n) is 3.82. The number of hydrogen-bond donors (Lipinski definition) is 1. The Morgan fingerprint density at radius 1 is 1.14 bits per heavy atom. The second-order valence-electron chi connectivity index (χ2n) is 5.92. The van der Waals surface area contributed by atoms with Gasteiger partial charge in [0.05, 0.1) is 5.02 Å². The van der Waals surface area contributed by atoms with Crippen molar-refractivity contribution in [1.29, 1.82) is 0 Å². The molecule has 1 heterocycles. The van der Waals surface area contributed by atoms with Gasteiger partial charge in [-0.15, -0.1) is 0 Å². The Bertz CT molecular complexity index is 1080. The molecule has 8 heteroatoms. The van der Waals surface area contributed by atoms with E-state index in [1.165, 1.54) is 12.1 Å². The van der Waals surface area contributed by atoms with Gasteiger partial charge in [0.25, 0.3) is 0 Å². The minimum absolute atomic E-state index is 0.0207. The maximum Gasteiger partial charge on any atom is 0.407 e. The van der Waals surface area contributed by atoms with Crippen molar-refractivity contribution in [2.24, 2.45) is 0 Å². The Hall–Kier alpha value is -3.32. The van der Waals surface area contributed by atoms with Gasteiger partial charge in [0.15, 0.2) is 5.75 Å². The van der Waals surface area contributed by atoms with Gasteiger partial charge in [-0.25, -0.2) is 14.4 Å². The average Bonchev–Trinajstić information content (AvgIpc) is 2.67. The number of alkyl carbamates (subject to hydrolysis) is 1. The number of esters is 1. The summed E-state index contributed by atoms with van der Waals surface area (Å²) in [6.07, 6.45) is -0.757. The Kier molecular flexibility index (Phi) is 5.96. The Morgan fingerprint density at radius 3 is 2.64 bits per heavy atom. The number of aryl methyl sites for hydroxylation is 1. The van der Waals surface area contributed by atoms with Crippen LogP contribution in [0.2, 0.25) is 5.02 Å². The summed E-state index contributed by atoms with van der Waals surface area (Å²) < 4.78 is 15.2. The van der Waals surface area contributed by atoms with Crippen molar-refractivity contribution in [3.05, 3.63) is 75.1 Å². The second-order valence-corrected chi connectivity index (χ2v) is 6.32. The van der Waals surface area contributed by atoms with E-state index in [2.05, 4.69) is 5.32 Å². The average molecular weight is 402 g/mol. The van der Waals surface area contributed by atoms with Gasteiger partial charge >= 0.3 is 17.7 Å². The maximum absolute atomic E-state index is 12.0. The van der Waals surface area contributed by atoms with Crippen LogP contribution in [-0.2, 0) is 16.1 Å². The van der Waals surface area contributed by atoms with Gasteiger partial charge in [-0.3, -0.25) is 0 Å². The number of ether oxygens (including phenoxy) is 2. The van der Waals surface area contributed by atoms with Crippen LogP contribution in [0.15, 0.2) is 57.7 Å². The molecule has 0 saturated carbocycles. The zero-order valence-electron chi connectivity index (χ0n) is 14.9. The van der Waals surface area contributed by atoms with E-state index < -0.39 is 24.2 Å². The largest absolute Gasteiger partial charge is 0.445 e. The van der Waals surface area contributed by atoms with Crippen LogP contribution in [0.5, 0.6) is 5.75 Å². The van der Waals surface area contributed by atoms with Gasteiger partial charge in [-0.2, -0.15) is 0 Å². The predicted molar refractivity (Wildman–Crippen MR) is 102 cm³/mol. The first-order chi connectivity index (χ1) is 13.4. The zero-order valence-corrected chi connectivity index (χ0v) is 15.6. The molecule has 0 unspecified atom stereocenters. The molecule has 144 valence electrons. The van der Waals surface area contributed by atoms with Gasteiger partial charge in [0, 0.05) is 17.5 Å². The van der Waals surface area contributed by atoms with E-state index in [4.69, 9.17) is 25.5 Å². The lowest BCUT2D eigenvalue weighted by Crippen LogP contribution is -2.32. The third kappa shape index (κ3) is 4.89. The van der Waals surface area contributed by atoms with E-state index in [0.29, 0.717) is 10.9 Å². The van der Waals surface area contributed by atoms with Crippen molar-refractivity contribution < 1.29 is 23.5 Å². The van der Waals surface area contributed by atoms with Crippen molar-refractivity contribution in [2.75, 3.05) is 6.54 Å². The van der Waals surface area contributed by atoms with Crippen molar-refractivity contribution in [3.8, 4) is 5.75 Å². The maximum atomic E-state index is 12.0. The highest BCUT2D eigenvalue weighted by Crippen LogP contribution is 2.31. The molecule has 0 aliphatic rings. The number of fused-ring (bicyclic) bond motifs is 1. The van der Waals surface area contributed by atoms with Gasteiger partial charge in [-0.05, 0) is 24.1 Å². The first-order valence-corrected chi connectivity index (χ1v) is 8.69. The minimum atomic E-state index is -0.757. The monoisotopic (exact) mass is 401 g/mol. The van der Waals surface area contributed by atoms with Crippen LogP contribution in [-0.4, -0.2) is 18.6 Å². The molecular formula is C20H16ClNO6. The van der Waals surface area contributed by atoms with E-state index in [9.17, 15) is 14.4 Å². The van der Waals surface area contributed by atoms with Crippen LogP contribution in [0.3, 0.4) is 0 Å². The summed E-state index contributed by atoms with van der Waals surface area (Å²) in [6.45, 7) is 1.41. The van der Waals surface area contributed by atoms with E-state index in [1.54, 1.807) is 13.0 Å². The lowest BCUT2D eigenvalue weighted by atomic mass is 10.1. The molecule has 0 aliphatic carbocycles. The fourth-order valence-electron chi connectivity index (χ4n) is 2.48. The van der Waals surface area contributed by atoms with E-state index in [0.717, 1.165) is 5.56 Å². The van der Waals surface area contributed by atoms with Crippen molar-refractivity contribution in [3.63, 3.8) is 0 Å². The SMILES string of the molecule is Cc1cc(=O)oc2cc(OC(=O)CNC(=O)OCc3ccccc3)c(Cl)cc12. The van der Waals surface area contributed by atoms with Gasteiger partial charge < -0.3 is 19.2 Å². The summed E-state index contributed by atoms with van der Waals surface area (Å²) in [6, 6.07) is 13.4. The van der Waals surface area contributed by atoms with Gasteiger partial charge in [-0.1, -0.05) is 41.9 Å². The second kappa shape index (κ2) is 8.58. The molecule has 0 radical (unpaired) electrons. The topological polar surface area (TPSA) is 94.8 Å². The number of nitrogens with one attached hydrogen (secondary N) is 1. The predicted octanol–water partition coefficient (Wildman–Crippen LogP) is 3.59. The van der Waals surface area contributed by atoms with Crippen molar-refractivity contribution in [1.82, 2.24) is 5.32 Å². The minimum Gasteiger partial charge on any atom is -0.445 e. The summed E-state index contributed by atoms with van der Waals surface area (Å²) in [4.78, 5) is 35.1. The molecule has 1 N–H and O–H groups in total. The lowest BCUT2D eigenvalue weighted by molar-refractivity contribution is -0.133. The number of amides is 1. The summed E-state index contributed by atoms with van der Waals surface area (Å²) in [7, 11) is 0. The van der Waals surface area contributed by atoms with Gasteiger partial charge in [0.2, 0.25) is 0 Å². The molecule has 1 aromatic heterocycles. The molecular weight excluding hydrogens is 386 g/mol. The van der Waals surface area contributed by atoms with Crippen LogP contribution in [0, 0.1) is 6.92 Å². The number of rotatable bonds is 5. The Balaban J connectivity index is 1.58. The van der Waals surface area contributed by atoms with E-state index >= 15 is 0 Å². The van der Waals surface area contributed by atoms with E-state index in [1.807, 2.05) is 30.3 Å². The highest BCUT2D eigenvalue weighted by molar-refractivity contribution is 6.33. The fraction of sp³-hybridized carbons (Fsp3) is 0.150. The molecule has 3 aromatic rings. The molecule has 0 saturated heterocycles. The Labute approximate surface area is 164 Å². The first-order valence-electron chi connectivity index (χ1n) is 8.31. The molecule has 28 heavy (non-hydrogen) atoms. The molecule has 0 atom stereocenters. The summed E-state index contributed by atoms with van der Waals surface area (Å²) >= 11 is 6.13. The van der Waals surface area contributed by atoms with Crippen LogP contribution < -0.4 is 15.7 Å². The molecule has 2 aromatic carbocycles. The normalized spacial score (nSPS) is 10.5. The fourth-order valence-corrected chi connectivity index (χ4v) is 2.68. The molecule has 0 fully saturated rings. The number of carbonyl (C=O) groups is 2. The Morgan fingerprint density at radius 2 is 1.89 bits per heavy atom. The lowest BCUT2D eigenvalue weighted by Gasteiger charge is -2.09. The molecule has 0 bridgehead atoms. The zero-order chi connectivity index (χ0) is 20.1.